The van der Waals surface area contributed by atoms with E-state index in [2.05, 4.69) is 16.8 Å². The lowest BCUT2D eigenvalue weighted by molar-refractivity contribution is -0.134. The highest BCUT2D eigenvalue weighted by Gasteiger charge is 2.29. The molecule has 0 aliphatic carbocycles. The van der Waals surface area contributed by atoms with Crippen LogP contribution in [0, 0.1) is 5.92 Å². The van der Waals surface area contributed by atoms with Crippen LogP contribution < -0.4 is 11.1 Å². The molecule has 1 atom stereocenters. The third kappa shape index (κ3) is 4.94. The summed E-state index contributed by atoms with van der Waals surface area (Å²) in [7, 11) is 0. The molecule has 2 rings (SSSR count). The first-order valence-corrected chi connectivity index (χ1v) is 9.08. The van der Waals surface area contributed by atoms with Gasteiger partial charge in [-0.05, 0) is 36.3 Å². The lowest BCUT2D eigenvalue weighted by Gasteiger charge is -2.33. The molecule has 0 spiro atoms. The molecule has 5 nitrogen and oxygen atoms in total. The van der Waals surface area contributed by atoms with Gasteiger partial charge < -0.3 is 16.0 Å². The minimum absolute atomic E-state index is 0. The first-order chi connectivity index (χ1) is 10.9. The number of hydrogen-bond donors (Lipinski definition) is 2. The number of rotatable bonds is 6. The highest BCUT2D eigenvalue weighted by atomic mass is 35.5. The van der Waals surface area contributed by atoms with Crippen LogP contribution in [0.25, 0.3) is 0 Å². The van der Waals surface area contributed by atoms with Crippen LogP contribution in [0.5, 0.6) is 0 Å². The van der Waals surface area contributed by atoms with Gasteiger partial charge in [0.2, 0.25) is 11.8 Å². The zero-order valence-electron chi connectivity index (χ0n) is 14.6. The van der Waals surface area contributed by atoms with Gasteiger partial charge in [-0.1, -0.05) is 13.8 Å². The Bertz CT molecular complexity index is 576. The molecule has 0 aromatic carbocycles. The number of amides is 2. The standard InChI is InChI=1S/C17H27N3O2S.ClH/c1-12(2)17(3,11-18)19-15(21)4-5-16(22)20-8-6-14-13(10-20)7-9-23-14;/h7,9,12H,4-6,8,10-11,18H2,1-3H3,(H,19,21);1H. The molecular formula is C17H28ClN3O2S. The van der Waals surface area contributed by atoms with Gasteiger partial charge >= 0.3 is 0 Å². The van der Waals surface area contributed by atoms with Gasteiger partial charge in [-0.2, -0.15) is 0 Å². The Morgan fingerprint density at radius 2 is 2.12 bits per heavy atom. The van der Waals surface area contributed by atoms with E-state index in [-0.39, 0.29) is 43.0 Å². The molecule has 136 valence electrons. The monoisotopic (exact) mass is 373 g/mol. The molecule has 2 amide bonds. The van der Waals surface area contributed by atoms with E-state index in [0.29, 0.717) is 13.1 Å². The van der Waals surface area contributed by atoms with E-state index in [4.69, 9.17) is 5.73 Å². The first-order valence-electron chi connectivity index (χ1n) is 8.20. The summed E-state index contributed by atoms with van der Waals surface area (Å²) in [5.41, 5.74) is 6.60. The number of nitrogens with two attached hydrogens (primary N) is 1. The molecule has 0 saturated carbocycles. The van der Waals surface area contributed by atoms with Crippen LogP contribution in [0.2, 0.25) is 0 Å². The van der Waals surface area contributed by atoms with Crippen molar-refractivity contribution in [2.75, 3.05) is 13.1 Å². The summed E-state index contributed by atoms with van der Waals surface area (Å²) in [6.07, 6.45) is 1.39. The second-order valence-electron chi connectivity index (χ2n) is 6.76. The number of hydrogen-bond acceptors (Lipinski definition) is 4. The van der Waals surface area contributed by atoms with Gasteiger partial charge in [0.1, 0.15) is 0 Å². The highest BCUT2D eigenvalue weighted by molar-refractivity contribution is 7.10. The third-order valence-electron chi connectivity index (χ3n) is 4.85. The Hall–Kier alpha value is -1.11. The number of nitrogens with one attached hydrogen (secondary N) is 1. The van der Waals surface area contributed by atoms with E-state index >= 15 is 0 Å². The molecule has 1 aromatic heterocycles. The maximum Gasteiger partial charge on any atom is 0.223 e. The van der Waals surface area contributed by atoms with Crippen molar-refractivity contribution in [2.45, 2.75) is 52.1 Å². The Kier molecular flexibility index (Phi) is 7.70. The summed E-state index contributed by atoms with van der Waals surface area (Å²) in [4.78, 5) is 27.7. The molecule has 1 aromatic rings. The molecule has 1 unspecified atom stereocenters. The van der Waals surface area contributed by atoms with Crippen molar-refractivity contribution in [3.63, 3.8) is 0 Å². The van der Waals surface area contributed by atoms with Crippen LogP contribution in [0.1, 0.15) is 44.1 Å². The summed E-state index contributed by atoms with van der Waals surface area (Å²) < 4.78 is 0. The number of nitrogens with zero attached hydrogens (tertiary/aromatic N) is 1. The van der Waals surface area contributed by atoms with Gasteiger partial charge in [0.25, 0.3) is 0 Å². The average molecular weight is 374 g/mol. The summed E-state index contributed by atoms with van der Waals surface area (Å²) in [5, 5.41) is 5.05. The van der Waals surface area contributed by atoms with Crippen molar-refractivity contribution in [1.82, 2.24) is 10.2 Å². The van der Waals surface area contributed by atoms with Crippen LogP contribution in [0.15, 0.2) is 11.4 Å². The lowest BCUT2D eigenvalue weighted by Crippen LogP contribution is -2.55. The van der Waals surface area contributed by atoms with Crippen molar-refractivity contribution in [3.05, 3.63) is 21.9 Å². The van der Waals surface area contributed by atoms with Gasteiger partial charge in [-0.25, -0.2) is 0 Å². The Morgan fingerprint density at radius 1 is 1.42 bits per heavy atom. The predicted molar refractivity (Wildman–Crippen MR) is 100 cm³/mol. The lowest BCUT2D eigenvalue weighted by atomic mass is 9.88. The molecule has 3 N–H and O–H groups in total. The van der Waals surface area contributed by atoms with Gasteiger partial charge in [0.15, 0.2) is 0 Å². The zero-order chi connectivity index (χ0) is 17.0. The molecule has 24 heavy (non-hydrogen) atoms. The smallest absolute Gasteiger partial charge is 0.223 e. The van der Waals surface area contributed by atoms with Crippen LogP contribution in [-0.4, -0.2) is 35.3 Å². The predicted octanol–water partition coefficient (Wildman–Crippen LogP) is 2.32. The summed E-state index contributed by atoms with van der Waals surface area (Å²) in [6.45, 7) is 7.82. The van der Waals surface area contributed by atoms with Gasteiger partial charge in [0, 0.05) is 37.4 Å². The second kappa shape index (κ2) is 8.83. The van der Waals surface area contributed by atoms with Gasteiger partial charge in [-0.15, -0.1) is 23.7 Å². The maximum atomic E-state index is 12.3. The first kappa shape index (κ1) is 20.9. The fourth-order valence-electron chi connectivity index (χ4n) is 2.65. The summed E-state index contributed by atoms with van der Waals surface area (Å²) in [5.74, 6) is 0.190. The zero-order valence-corrected chi connectivity index (χ0v) is 16.3. The van der Waals surface area contributed by atoms with E-state index in [1.807, 2.05) is 25.7 Å². The van der Waals surface area contributed by atoms with Crippen LogP contribution in [0.4, 0.5) is 0 Å². The molecule has 2 heterocycles. The van der Waals surface area contributed by atoms with Gasteiger partial charge in [0.05, 0.1) is 5.54 Å². The van der Waals surface area contributed by atoms with Crippen molar-refractivity contribution < 1.29 is 9.59 Å². The van der Waals surface area contributed by atoms with Crippen molar-refractivity contribution >= 4 is 35.6 Å². The van der Waals surface area contributed by atoms with Crippen LogP contribution in [-0.2, 0) is 22.6 Å². The number of carbonyl (C=O) groups is 2. The molecule has 0 saturated heterocycles. The van der Waals surface area contributed by atoms with Crippen molar-refractivity contribution in [2.24, 2.45) is 11.7 Å². The minimum atomic E-state index is -0.420. The number of thiophene rings is 1. The number of halogens is 1. The molecular weight excluding hydrogens is 346 g/mol. The molecule has 0 fully saturated rings. The Labute approximate surface area is 154 Å². The van der Waals surface area contributed by atoms with E-state index in [1.54, 1.807) is 11.3 Å². The molecule has 7 heteroatoms. The Balaban J connectivity index is 0.00000288. The molecule has 1 aliphatic heterocycles. The van der Waals surface area contributed by atoms with Crippen LogP contribution >= 0.6 is 23.7 Å². The molecule has 1 aliphatic rings. The fourth-order valence-corrected chi connectivity index (χ4v) is 3.54. The Morgan fingerprint density at radius 3 is 2.75 bits per heavy atom. The SMILES string of the molecule is CC(C)C(C)(CN)NC(=O)CCC(=O)N1CCc2sccc2C1.Cl. The topological polar surface area (TPSA) is 75.4 Å². The summed E-state index contributed by atoms with van der Waals surface area (Å²) >= 11 is 1.75. The van der Waals surface area contributed by atoms with Crippen LogP contribution in [0.3, 0.4) is 0 Å². The van der Waals surface area contributed by atoms with E-state index in [1.165, 1.54) is 10.4 Å². The second-order valence-corrected chi connectivity index (χ2v) is 7.76. The summed E-state index contributed by atoms with van der Waals surface area (Å²) in [6, 6.07) is 2.08. The van der Waals surface area contributed by atoms with E-state index in [9.17, 15) is 9.59 Å². The quantitative estimate of drug-likeness (QED) is 0.803. The normalized spacial score (nSPS) is 16.1. The largest absolute Gasteiger partial charge is 0.349 e. The number of fused-ring (bicyclic) bond motifs is 1. The minimum Gasteiger partial charge on any atom is -0.349 e. The third-order valence-corrected chi connectivity index (χ3v) is 5.87. The fraction of sp³-hybridized carbons (Fsp3) is 0.647. The highest BCUT2D eigenvalue weighted by Crippen LogP contribution is 2.24. The van der Waals surface area contributed by atoms with E-state index < -0.39 is 5.54 Å². The molecule has 0 bridgehead atoms. The van der Waals surface area contributed by atoms with Gasteiger partial charge in [-0.3, -0.25) is 9.59 Å². The van der Waals surface area contributed by atoms with Crippen molar-refractivity contribution in [1.29, 1.82) is 0 Å². The number of carbonyl (C=O) groups excluding carboxylic acids is 2. The average Bonchev–Trinajstić information content (AvgIpc) is 2.99. The maximum absolute atomic E-state index is 12.3. The van der Waals surface area contributed by atoms with E-state index in [0.717, 1.165) is 13.0 Å². The van der Waals surface area contributed by atoms with Crippen molar-refractivity contribution in [3.8, 4) is 0 Å². The molecule has 0 radical (unpaired) electrons.